The second kappa shape index (κ2) is 7.10. The average molecular weight is 345 g/mol. The Balaban J connectivity index is 2.52. The molecule has 0 spiro atoms. The first kappa shape index (κ1) is 17.4. The second-order valence-electron chi connectivity index (χ2n) is 5.03. The largest absolute Gasteiger partial charge is 0.269 e. The molecule has 2 aromatic rings. The molecule has 2 aromatic carbocycles. The number of para-hydroxylation sites is 1. The maximum absolute atomic E-state index is 13.0. The van der Waals surface area contributed by atoms with Gasteiger partial charge in [-0.2, -0.15) is 5.26 Å². The van der Waals surface area contributed by atoms with Gasteiger partial charge in [0.25, 0.3) is 15.7 Å². The van der Waals surface area contributed by atoms with Crippen molar-refractivity contribution in [1.82, 2.24) is 0 Å². The smallest absolute Gasteiger partial charge is 0.265 e. The van der Waals surface area contributed by atoms with E-state index in [-0.39, 0.29) is 29.1 Å². The van der Waals surface area contributed by atoms with Gasteiger partial charge in [0, 0.05) is 18.7 Å². The van der Waals surface area contributed by atoms with Gasteiger partial charge in [0.2, 0.25) is 0 Å². The van der Waals surface area contributed by atoms with Crippen molar-refractivity contribution in [2.45, 2.75) is 18.2 Å². The van der Waals surface area contributed by atoms with Crippen LogP contribution in [-0.4, -0.2) is 19.9 Å². The minimum atomic E-state index is -3.94. The van der Waals surface area contributed by atoms with E-state index in [2.05, 4.69) is 0 Å². The molecule has 8 heteroatoms. The monoisotopic (exact) mass is 345 g/mol. The molecule has 0 amide bonds. The van der Waals surface area contributed by atoms with Crippen LogP contribution in [0.2, 0.25) is 0 Å². The van der Waals surface area contributed by atoms with E-state index in [1.807, 2.05) is 6.07 Å². The van der Waals surface area contributed by atoms with Gasteiger partial charge >= 0.3 is 0 Å². The van der Waals surface area contributed by atoms with Gasteiger partial charge in [-0.15, -0.1) is 0 Å². The van der Waals surface area contributed by atoms with E-state index in [1.54, 1.807) is 30.3 Å². The van der Waals surface area contributed by atoms with Crippen LogP contribution >= 0.6 is 0 Å². The minimum Gasteiger partial charge on any atom is -0.265 e. The minimum absolute atomic E-state index is 0.000720. The second-order valence-corrected chi connectivity index (χ2v) is 6.86. The summed E-state index contributed by atoms with van der Waals surface area (Å²) in [6.07, 6.45) is 0.0279. The zero-order chi connectivity index (χ0) is 17.7. The summed E-state index contributed by atoms with van der Waals surface area (Å²) in [5.41, 5.74) is 0.544. The summed E-state index contributed by atoms with van der Waals surface area (Å²) >= 11 is 0. The highest BCUT2D eigenvalue weighted by Gasteiger charge is 2.27. The normalized spacial score (nSPS) is 10.8. The molecule has 0 aromatic heterocycles. The van der Waals surface area contributed by atoms with Crippen LogP contribution in [0.3, 0.4) is 0 Å². The van der Waals surface area contributed by atoms with Crippen LogP contribution in [0, 0.1) is 28.4 Å². The standard InChI is InChI=1S/C16H15N3O4S/c1-13-12-15(19(20)21)8-9-16(13)24(22,23)18(11-5-10-17)14-6-3-2-4-7-14/h2-4,6-9,12H,5,11H2,1H3. The fourth-order valence-electron chi connectivity index (χ4n) is 2.29. The molecule has 0 atom stereocenters. The van der Waals surface area contributed by atoms with Gasteiger partial charge < -0.3 is 0 Å². The summed E-state index contributed by atoms with van der Waals surface area (Å²) in [5.74, 6) is 0. The fourth-order valence-corrected chi connectivity index (χ4v) is 3.96. The SMILES string of the molecule is Cc1cc([N+](=O)[O-])ccc1S(=O)(=O)N(CCC#N)c1ccccc1. The molecule has 0 aliphatic rings. The number of non-ortho nitro benzene ring substituents is 1. The third-order valence-corrected chi connectivity index (χ3v) is 5.40. The molecule has 0 aliphatic carbocycles. The molecule has 0 N–H and O–H groups in total. The Morgan fingerprint density at radius 3 is 2.42 bits per heavy atom. The number of anilines is 1. The lowest BCUT2D eigenvalue weighted by molar-refractivity contribution is -0.385. The van der Waals surface area contributed by atoms with Gasteiger partial charge in [-0.25, -0.2) is 8.42 Å². The van der Waals surface area contributed by atoms with E-state index >= 15 is 0 Å². The number of rotatable bonds is 6. The maximum atomic E-state index is 13.0. The molecule has 0 fully saturated rings. The predicted octanol–water partition coefficient (Wildman–Crippen LogP) is 3.01. The topological polar surface area (TPSA) is 104 Å². The summed E-state index contributed by atoms with van der Waals surface area (Å²) in [6.45, 7) is 1.51. The number of sulfonamides is 1. The van der Waals surface area contributed by atoms with Crippen LogP contribution in [-0.2, 0) is 10.0 Å². The molecule has 0 saturated carbocycles. The van der Waals surface area contributed by atoms with Crippen molar-refractivity contribution in [2.75, 3.05) is 10.8 Å². The Morgan fingerprint density at radius 2 is 1.88 bits per heavy atom. The summed E-state index contributed by atoms with van der Waals surface area (Å²) in [4.78, 5) is 10.2. The highest BCUT2D eigenvalue weighted by atomic mass is 32.2. The summed E-state index contributed by atoms with van der Waals surface area (Å²) in [7, 11) is -3.94. The van der Waals surface area contributed by atoms with E-state index in [4.69, 9.17) is 5.26 Å². The molecule has 0 heterocycles. The van der Waals surface area contributed by atoms with Crippen molar-refractivity contribution in [1.29, 1.82) is 5.26 Å². The number of nitro groups is 1. The Bertz CT molecular complexity index is 889. The Kier molecular flexibility index (Phi) is 5.16. The summed E-state index contributed by atoms with van der Waals surface area (Å²) < 4.78 is 27.1. The zero-order valence-electron chi connectivity index (χ0n) is 12.9. The van der Waals surface area contributed by atoms with Gasteiger partial charge in [-0.1, -0.05) is 18.2 Å². The van der Waals surface area contributed by atoms with Crippen molar-refractivity contribution in [2.24, 2.45) is 0 Å². The lowest BCUT2D eigenvalue weighted by Gasteiger charge is -2.24. The number of benzene rings is 2. The van der Waals surface area contributed by atoms with Crippen LogP contribution in [0.25, 0.3) is 0 Å². The van der Waals surface area contributed by atoms with Gasteiger partial charge in [-0.05, 0) is 30.7 Å². The molecule has 7 nitrogen and oxygen atoms in total. The van der Waals surface area contributed by atoms with E-state index < -0.39 is 14.9 Å². The zero-order valence-corrected chi connectivity index (χ0v) is 13.7. The van der Waals surface area contributed by atoms with Crippen LogP contribution in [0.1, 0.15) is 12.0 Å². The third kappa shape index (κ3) is 3.52. The van der Waals surface area contributed by atoms with Crippen molar-refractivity contribution in [3.8, 4) is 6.07 Å². The van der Waals surface area contributed by atoms with Gasteiger partial charge in [-0.3, -0.25) is 14.4 Å². The lowest BCUT2D eigenvalue weighted by Crippen LogP contribution is -2.32. The molecule has 24 heavy (non-hydrogen) atoms. The van der Waals surface area contributed by atoms with Gasteiger partial charge in [0.15, 0.2) is 0 Å². The lowest BCUT2D eigenvalue weighted by atomic mass is 10.2. The first-order chi connectivity index (χ1) is 11.4. The van der Waals surface area contributed by atoms with Crippen molar-refractivity contribution in [3.63, 3.8) is 0 Å². The molecule has 124 valence electrons. The summed E-state index contributed by atoms with van der Waals surface area (Å²) in [6, 6.07) is 14.0. The first-order valence-corrected chi connectivity index (χ1v) is 8.51. The van der Waals surface area contributed by atoms with E-state index in [0.29, 0.717) is 5.69 Å². The van der Waals surface area contributed by atoms with Crippen LogP contribution in [0.5, 0.6) is 0 Å². The molecule has 0 bridgehead atoms. The molecule has 2 rings (SSSR count). The third-order valence-electron chi connectivity index (χ3n) is 3.41. The highest BCUT2D eigenvalue weighted by Crippen LogP contribution is 2.28. The number of hydrogen-bond donors (Lipinski definition) is 0. The maximum Gasteiger partial charge on any atom is 0.269 e. The van der Waals surface area contributed by atoms with Crippen LogP contribution in [0.15, 0.2) is 53.4 Å². The number of aryl methyl sites for hydroxylation is 1. The fraction of sp³-hybridized carbons (Fsp3) is 0.188. The molecular formula is C16H15N3O4S. The molecule has 0 radical (unpaired) electrons. The average Bonchev–Trinajstić information content (AvgIpc) is 2.55. The number of nitro benzene ring substituents is 1. The summed E-state index contributed by atoms with van der Waals surface area (Å²) in [5, 5.41) is 19.6. The molecule has 0 saturated heterocycles. The van der Waals surface area contributed by atoms with Gasteiger partial charge in [0.1, 0.15) is 0 Å². The van der Waals surface area contributed by atoms with E-state index in [1.165, 1.54) is 19.1 Å². The van der Waals surface area contributed by atoms with Gasteiger partial charge in [0.05, 0.1) is 28.0 Å². The molecule has 0 unspecified atom stereocenters. The molecular weight excluding hydrogens is 330 g/mol. The van der Waals surface area contributed by atoms with E-state index in [9.17, 15) is 18.5 Å². The number of nitriles is 1. The highest BCUT2D eigenvalue weighted by molar-refractivity contribution is 7.92. The Hall–Kier alpha value is -2.92. The number of nitrogens with zero attached hydrogens (tertiary/aromatic N) is 3. The van der Waals surface area contributed by atoms with Crippen molar-refractivity contribution >= 4 is 21.4 Å². The Labute approximate surface area is 140 Å². The van der Waals surface area contributed by atoms with E-state index in [0.717, 1.165) is 10.4 Å². The van der Waals surface area contributed by atoms with Crippen LogP contribution in [0.4, 0.5) is 11.4 Å². The van der Waals surface area contributed by atoms with Crippen molar-refractivity contribution in [3.05, 3.63) is 64.2 Å². The first-order valence-electron chi connectivity index (χ1n) is 7.07. The quantitative estimate of drug-likeness (QED) is 0.591. The van der Waals surface area contributed by atoms with Crippen LogP contribution < -0.4 is 4.31 Å². The van der Waals surface area contributed by atoms with Crippen molar-refractivity contribution < 1.29 is 13.3 Å². The number of hydrogen-bond acceptors (Lipinski definition) is 5. The predicted molar refractivity (Wildman–Crippen MR) is 89.0 cm³/mol. The molecule has 0 aliphatic heterocycles. The Morgan fingerprint density at radius 1 is 1.21 bits per heavy atom.